The fourth-order valence-corrected chi connectivity index (χ4v) is 1.98. The minimum Gasteiger partial charge on any atom is -0.492 e. The van der Waals surface area contributed by atoms with Crippen LogP contribution in [0.2, 0.25) is 0 Å². The van der Waals surface area contributed by atoms with Crippen LogP contribution in [0.3, 0.4) is 0 Å². The van der Waals surface area contributed by atoms with E-state index in [0.717, 1.165) is 15.1 Å². The lowest BCUT2D eigenvalue weighted by molar-refractivity contribution is 0.461. The molecule has 0 aliphatic carbocycles. The van der Waals surface area contributed by atoms with Crippen molar-refractivity contribution in [2.24, 2.45) is 0 Å². The number of nitrogens with one attached hydrogen (secondary N) is 1. The predicted octanol–water partition coefficient (Wildman–Crippen LogP) is 1.75. The van der Waals surface area contributed by atoms with Crippen LogP contribution >= 0.6 is 11.3 Å². The molecule has 2 heterocycles. The van der Waals surface area contributed by atoms with Crippen LogP contribution in [0.5, 0.6) is 5.88 Å². The molecule has 0 saturated carbocycles. The number of hydrogen-bond donors (Lipinski definition) is 2. The first-order chi connectivity index (χ1) is 6.20. The van der Waals surface area contributed by atoms with E-state index in [9.17, 15) is 5.11 Å². The molecule has 0 bridgehead atoms. The van der Waals surface area contributed by atoms with E-state index in [2.05, 4.69) is 15.3 Å². The maximum absolute atomic E-state index is 9.52. The maximum Gasteiger partial charge on any atom is 0.234 e. The molecule has 5 heteroatoms. The van der Waals surface area contributed by atoms with Gasteiger partial charge in [-0.3, -0.25) is 0 Å². The van der Waals surface area contributed by atoms with Gasteiger partial charge in [0.15, 0.2) is 0 Å². The van der Waals surface area contributed by atoms with Crippen LogP contribution in [-0.2, 0) is 0 Å². The van der Waals surface area contributed by atoms with Crippen molar-refractivity contribution in [3.05, 3.63) is 10.9 Å². The van der Waals surface area contributed by atoms with Crippen molar-refractivity contribution in [3.8, 4) is 5.88 Å². The molecule has 0 radical (unpaired) electrons. The van der Waals surface area contributed by atoms with E-state index in [1.54, 1.807) is 7.05 Å². The number of anilines is 1. The summed E-state index contributed by atoms with van der Waals surface area (Å²) < 4.78 is 0.747. The molecule has 4 nitrogen and oxygen atoms in total. The molecule has 0 fully saturated rings. The first-order valence-corrected chi connectivity index (χ1v) is 4.67. The van der Waals surface area contributed by atoms with E-state index < -0.39 is 0 Å². The number of aromatic nitrogens is 2. The van der Waals surface area contributed by atoms with Gasteiger partial charge in [0, 0.05) is 11.9 Å². The van der Waals surface area contributed by atoms with Crippen molar-refractivity contribution >= 4 is 27.5 Å². The Balaban J connectivity index is 2.75. The van der Waals surface area contributed by atoms with Gasteiger partial charge in [-0.15, -0.1) is 11.3 Å². The molecule has 2 aromatic rings. The Bertz CT molecular complexity index is 452. The van der Waals surface area contributed by atoms with Gasteiger partial charge in [0.25, 0.3) is 0 Å². The van der Waals surface area contributed by atoms with Crippen molar-refractivity contribution in [1.29, 1.82) is 0 Å². The third kappa shape index (κ3) is 1.31. The monoisotopic (exact) mass is 195 g/mol. The molecule has 0 amide bonds. The molecule has 0 unspecified atom stereocenters. The van der Waals surface area contributed by atoms with Gasteiger partial charge in [-0.05, 0) is 13.0 Å². The van der Waals surface area contributed by atoms with Gasteiger partial charge in [0.05, 0.1) is 5.52 Å². The van der Waals surface area contributed by atoms with Gasteiger partial charge in [-0.1, -0.05) is 0 Å². The number of aromatic hydroxyl groups is 1. The van der Waals surface area contributed by atoms with E-state index in [4.69, 9.17) is 0 Å². The standard InChI is InChI=1S/C8H9N3OS/c1-4-3-5-6(13-4)7(12)11-8(9-2)10-5/h3H,1-2H3,(H2,9,10,11,12). The summed E-state index contributed by atoms with van der Waals surface area (Å²) in [5.74, 6) is 0.496. The fraction of sp³-hybridized carbons (Fsp3) is 0.250. The maximum atomic E-state index is 9.52. The zero-order valence-electron chi connectivity index (χ0n) is 7.33. The smallest absolute Gasteiger partial charge is 0.234 e. The van der Waals surface area contributed by atoms with Crippen LogP contribution in [0, 0.1) is 6.92 Å². The highest BCUT2D eigenvalue weighted by Crippen LogP contribution is 2.30. The normalized spacial score (nSPS) is 10.6. The van der Waals surface area contributed by atoms with Crippen LogP contribution in [0.25, 0.3) is 10.2 Å². The number of nitrogens with zero attached hydrogens (tertiary/aromatic N) is 2. The van der Waals surface area contributed by atoms with Crippen molar-refractivity contribution in [2.45, 2.75) is 6.92 Å². The van der Waals surface area contributed by atoms with Crippen molar-refractivity contribution in [1.82, 2.24) is 9.97 Å². The van der Waals surface area contributed by atoms with Crippen molar-refractivity contribution < 1.29 is 5.11 Å². The number of rotatable bonds is 1. The molecule has 0 aromatic carbocycles. The molecule has 0 spiro atoms. The van der Waals surface area contributed by atoms with Crippen LogP contribution in [0.15, 0.2) is 6.07 Å². The predicted molar refractivity (Wildman–Crippen MR) is 53.4 cm³/mol. The Morgan fingerprint density at radius 2 is 2.23 bits per heavy atom. The molecule has 0 saturated heterocycles. The van der Waals surface area contributed by atoms with Gasteiger partial charge < -0.3 is 10.4 Å². The van der Waals surface area contributed by atoms with Gasteiger partial charge in [0.1, 0.15) is 4.70 Å². The average molecular weight is 195 g/mol. The summed E-state index contributed by atoms with van der Waals surface area (Å²) in [5.41, 5.74) is 0.791. The SMILES string of the molecule is CNc1nc(O)c2sc(C)cc2n1. The zero-order valence-corrected chi connectivity index (χ0v) is 8.14. The lowest BCUT2D eigenvalue weighted by Gasteiger charge is -1.98. The topological polar surface area (TPSA) is 58.0 Å². The summed E-state index contributed by atoms with van der Waals surface area (Å²) in [4.78, 5) is 9.20. The van der Waals surface area contributed by atoms with Crippen LogP contribution in [-0.4, -0.2) is 22.1 Å². The van der Waals surface area contributed by atoms with E-state index >= 15 is 0 Å². The summed E-state index contributed by atoms with van der Waals surface area (Å²) in [6.45, 7) is 1.98. The Morgan fingerprint density at radius 1 is 1.46 bits per heavy atom. The lowest BCUT2D eigenvalue weighted by atomic mass is 10.4. The van der Waals surface area contributed by atoms with E-state index in [0.29, 0.717) is 5.95 Å². The second kappa shape index (κ2) is 2.85. The van der Waals surface area contributed by atoms with Crippen LogP contribution in [0.4, 0.5) is 5.95 Å². The quantitative estimate of drug-likeness (QED) is 0.727. The minimum absolute atomic E-state index is 0.0486. The zero-order chi connectivity index (χ0) is 9.42. The van der Waals surface area contributed by atoms with E-state index in [1.807, 2.05) is 13.0 Å². The Labute approximate surface area is 79.3 Å². The lowest BCUT2D eigenvalue weighted by Crippen LogP contribution is -1.94. The molecule has 68 valence electrons. The third-order valence-electron chi connectivity index (χ3n) is 1.70. The second-order valence-electron chi connectivity index (χ2n) is 2.69. The molecule has 0 aliphatic rings. The van der Waals surface area contributed by atoms with Gasteiger partial charge in [-0.2, -0.15) is 4.98 Å². The number of thiophene rings is 1. The summed E-state index contributed by atoms with van der Waals surface area (Å²) in [6, 6.07) is 1.93. The van der Waals surface area contributed by atoms with E-state index in [1.165, 1.54) is 11.3 Å². The molecule has 2 rings (SSSR count). The Hall–Kier alpha value is -1.36. The summed E-state index contributed by atoms with van der Waals surface area (Å²) in [7, 11) is 1.72. The van der Waals surface area contributed by atoms with Gasteiger partial charge in [-0.25, -0.2) is 4.98 Å². The van der Waals surface area contributed by atoms with Crippen molar-refractivity contribution in [2.75, 3.05) is 12.4 Å². The summed E-state index contributed by atoms with van der Waals surface area (Å²) in [6.07, 6.45) is 0. The Kier molecular flexibility index (Phi) is 1.81. The third-order valence-corrected chi connectivity index (χ3v) is 2.74. The second-order valence-corrected chi connectivity index (χ2v) is 3.95. The number of fused-ring (bicyclic) bond motifs is 1. The van der Waals surface area contributed by atoms with Crippen molar-refractivity contribution in [3.63, 3.8) is 0 Å². The highest BCUT2D eigenvalue weighted by molar-refractivity contribution is 7.19. The van der Waals surface area contributed by atoms with E-state index in [-0.39, 0.29) is 5.88 Å². The summed E-state index contributed by atoms with van der Waals surface area (Å²) >= 11 is 1.50. The Morgan fingerprint density at radius 3 is 2.92 bits per heavy atom. The highest BCUT2D eigenvalue weighted by Gasteiger charge is 2.08. The van der Waals surface area contributed by atoms with Gasteiger partial charge in [0.2, 0.25) is 11.8 Å². The molecule has 2 aromatic heterocycles. The molecular weight excluding hydrogens is 186 g/mol. The van der Waals surface area contributed by atoms with Crippen LogP contribution in [0.1, 0.15) is 4.88 Å². The van der Waals surface area contributed by atoms with Gasteiger partial charge >= 0.3 is 0 Å². The highest BCUT2D eigenvalue weighted by atomic mass is 32.1. The molecule has 0 atom stereocenters. The number of aryl methyl sites for hydroxylation is 1. The minimum atomic E-state index is 0.0486. The molecule has 2 N–H and O–H groups in total. The first-order valence-electron chi connectivity index (χ1n) is 3.85. The average Bonchev–Trinajstić information content (AvgIpc) is 2.46. The largest absolute Gasteiger partial charge is 0.492 e. The van der Waals surface area contributed by atoms with Crippen LogP contribution < -0.4 is 5.32 Å². The summed E-state index contributed by atoms with van der Waals surface area (Å²) in [5, 5.41) is 12.3. The molecule has 0 aliphatic heterocycles. The molecular formula is C8H9N3OS. The fourth-order valence-electron chi connectivity index (χ4n) is 1.15. The number of hydrogen-bond acceptors (Lipinski definition) is 5. The molecule has 13 heavy (non-hydrogen) atoms. The first kappa shape index (κ1) is 8.25.